The van der Waals surface area contributed by atoms with Crippen LogP contribution in [-0.2, 0) is 19.0 Å². The number of imide groups is 1. The molecule has 0 aromatic heterocycles. The van der Waals surface area contributed by atoms with Gasteiger partial charge in [0.25, 0.3) is 0 Å². The highest BCUT2D eigenvalue weighted by Crippen LogP contribution is 2.39. The molecule has 2 heterocycles. The van der Waals surface area contributed by atoms with Crippen LogP contribution in [0.25, 0.3) is 0 Å². The second kappa shape index (κ2) is 7.59. The van der Waals surface area contributed by atoms with Gasteiger partial charge in [0.1, 0.15) is 6.23 Å². The second-order valence-corrected chi connectivity index (χ2v) is 6.67. The molecule has 3 amide bonds. The molecule has 2 saturated heterocycles. The van der Waals surface area contributed by atoms with E-state index in [1.165, 1.54) is 0 Å². The Morgan fingerprint density at radius 3 is 2.83 bits per heavy atom. The maximum absolute atomic E-state index is 11.9. The first kappa shape index (κ1) is 16.7. The number of hydrogen-bond donors (Lipinski definition) is 2. The van der Waals surface area contributed by atoms with Gasteiger partial charge in [-0.25, -0.2) is 4.79 Å². The van der Waals surface area contributed by atoms with Crippen LogP contribution in [0.15, 0.2) is 0 Å². The highest BCUT2D eigenvalue weighted by Gasteiger charge is 2.46. The number of nitrogens with one attached hydrogen (secondary N) is 2. The molecule has 23 heavy (non-hydrogen) atoms. The number of urea groups is 1. The van der Waals surface area contributed by atoms with Gasteiger partial charge in [-0.15, -0.1) is 0 Å². The zero-order valence-electron chi connectivity index (χ0n) is 13.6. The van der Waals surface area contributed by atoms with Crippen molar-refractivity contribution >= 4 is 11.9 Å². The van der Waals surface area contributed by atoms with Crippen molar-refractivity contribution in [1.82, 2.24) is 10.6 Å². The number of rotatable bonds is 6. The van der Waals surface area contributed by atoms with E-state index >= 15 is 0 Å². The maximum atomic E-state index is 11.9. The van der Waals surface area contributed by atoms with Crippen LogP contribution in [0.2, 0.25) is 0 Å². The van der Waals surface area contributed by atoms with Crippen LogP contribution >= 0.6 is 0 Å². The van der Waals surface area contributed by atoms with E-state index < -0.39 is 12.3 Å². The van der Waals surface area contributed by atoms with Gasteiger partial charge in [0.05, 0.1) is 18.1 Å². The van der Waals surface area contributed by atoms with Crippen molar-refractivity contribution in [3.05, 3.63) is 0 Å². The molecule has 2 N–H and O–H groups in total. The SMILES string of the molecule is COCCCCOC1CCC2CC3C(=O)NC(=O)NC3OC2C1. The predicted molar refractivity (Wildman–Crippen MR) is 81.6 cm³/mol. The molecular weight excluding hydrogens is 300 g/mol. The Morgan fingerprint density at radius 1 is 1.17 bits per heavy atom. The molecule has 0 aromatic carbocycles. The average molecular weight is 326 g/mol. The number of methoxy groups -OCH3 is 1. The molecule has 0 spiro atoms. The Kier molecular flexibility index (Phi) is 5.50. The molecule has 0 radical (unpaired) electrons. The lowest BCUT2D eigenvalue weighted by Gasteiger charge is -2.46. The van der Waals surface area contributed by atoms with Gasteiger partial charge < -0.3 is 19.5 Å². The van der Waals surface area contributed by atoms with Crippen molar-refractivity contribution in [3.63, 3.8) is 0 Å². The fourth-order valence-corrected chi connectivity index (χ4v) is 3.82. The number of amides is 3. The van der Waals surface area contributed by atoms with Crippen molar-refractivity contribution in [2.24, 2.45) is 11.8 Å². The summed E-state index contributed by atoms with van der Waals surface area (Å²) in [5.41, 5.74) is 0. The minimum atomic E-state index is -0.488. The van der Waals surface area contributed by atoms with Crippen molar-refractivity contribution in [3.8, 4) is 0 Å². The summed E-state index contributed by atoms with van der Waals surface area (Å²) in [5.74, 6) is -0.0977. The Morgan fingerprint density at radius 2 is 2.00 bits per heavy atom. The third-order valence-electron chi connectivity index (χ3n) is 5.07. The molecule has 3 aliphatic rings. The Bertz CT molecular complexity index is 444. The summed E-state index contributed by atoms with van der Waals surface area (Å²) in [5, 5.41) is 5.04. The highest BCUT2D eigenvalue weighted by molar-refractivity contribution is 5.98. The van der Waals surface area contributed by atoms with Gasteiger partial charge in [-0.1, -0.05) is 0 Å². The fraction of sp³-hybridized carbons (Fsp3) is 0.875. The van der Waals surface area contributed by atoms with Crippen LogP contribution in [0.3, 0.4) is 0 Å². The lowest BCUT2D eigenvalue weighted by Crippen LogP contribution is -2.63. The van der Waals surface area contributed by atoms with Crippen LogP contribution in [0.4, 0.5) is 4.79 Å². The molecule has 5 unspecified atom stereocenters. The minimum Gasteiger partial charge on any atom is -0.385 e. The minimum absolute atomic E-state index is 0.0696. The monoisotopic (exact) mass is 326 g/mol. The number of carbonyl (C=O) groups excluding carboxylic acids is 2. The number of unbranched alkanes of at least 4 members (excludes halogenated alkanes) is 1. The summed E-state index contributed by atoms with van der Waals surface area (Å²) < 4.78 is 17.0. The standard InChI is InChI=1S/C16H26N2O5/c1-21-6-2-3-7-22-11-5-4-10-8-12-14(19)17-16(20)18-15(12)23-13(10)9-11/h10-13,15H,2-9H2,1H3,(H2,17,18,19,20). The predicted octanol–water partition coefficient (Wildman–Crippen LogP) is 1.17. The molecular formula is C16H26N2O5. The van der Waals surface area contributed by atoms with Crippen molar-refractivity contribution < 1.29 is 23.8 Å². The molecule has 1 aliphatic carbocycles. The zero-order chi connectivity index (χ0) is 16.2. The average Bonchev–Trinajstić information content (AvgIpc) is 2.53. The lowest BCUT2D eigenvalue weighted by atomic mass is 9.76. The smallest absolute Gasteiger partial charge is 0.323 e. The van der Waals surface area contributed by atoms with Crippen LogP contribution in [-0.4, -0.2) is 50.7 Å². The van der Waals surface area contributed by atoms with Gasteiger partial charge in [-0.05, 0) is 38.0 Å². The highest BCUT2D eigenvalue weighted by atomic mass is 16.5. The van der Waals surface area contributed by atoms with Gasteiger partial charge >= 0.3 is 6.03 Å². The van der Waals surface area contributed by atoms with Crippen LogP contribution in [0.5, 0.6) is 0 Å². The number of ether oxygens (including phenoxy) is 3. The zero-order valence-corrected chi connectivity index (χ0v) is 13.6. The van der Waals surface area contributed by atoms with Gasteiger partial charge in [0.15, 0.2) is 0 Å². The van der Waals surface area contributed by atoms with Crippen LogP contribution < -0.4 is 10.6 Å². The Hall–Kier alpha value is -1.18. The largest absolute Gasteiger partial charge is 0.385 e. The normalized spacial score (nSPS) is 36.7. The van der Waals surface area contributed by atoms with E-state index in [1.54, 1.807) is 7.11 Å². The van der Waals surface area contributed by atoms with E-state index in [0.717, 1.165) is 51.7 Å². The van der Waals surface area contributed by atoms with Crippen molar-refractivity contribution in [1.29, 1.82) is 0 Å². The van der Waals surface area contributed by atoms with E-state index in [4.69, 9.17) is 14.2 Å². The van der Waals surface area contributed by atoms with Crippen LogP contribution in [0, 0.1) is 11.8 Å². The molecule has 2 aliphatic heterocycles. The van der Waals surface area contributed by atoms with Gasteiger partial charge in [0, 0.05) is 26.7 Å². The molecule has 3 fully saturated rings. The summed E-state index contributed by atoms with van der Waals surface area (Å²) in [6, 6.07) is -0.462. The molecule has 3 rings (SSSR count). The fourth-order valence-electron chi connectivity index (χ4n) is 3.82. The molecule has 1 saturated carbocycles. The molecule has 7 heteroatoms. The van der Waals surface area contributed by atoms with Gasteiger partial charge in [-0.3, -0.25) is 10.1 Å². The first-order valence-corrected chi connectivity index (χ1v) is 8.54. The number of hydrogen-bond acceptors (Lipinski definition) is 5. The molecule has 5 atom stereocenters. The Labute approximate surface area is 136 Å². The Balaban J connectivity index is 1.47. The maximum Gasteiger partial charge on any atom is 0.323 e. The summed E-state index contributed by atoms with van der Waals surface area (Å²) in [7, 11) is 1.71. The molecule has 0 aromatic rings. The van der Waals surface area contributed by atoms with Crippen molar-refractivity contribution in [2.45, 2.75) is 57.0 Å². The van der Waals surface area contributed by atoms with E-state index in [-0.39, 0.29) is 24.0 Å². The summed E-state index contributed by atoms with van der Waals surface area (Å²) in [6.45, 7) is 1.52. The lowest BCUT2D eigenvalue weighted by molar-refractivity contribution is -0.172. The third-order valence-corrected chi connectivity index (χ3v) is 5.07. The van der Waals surface area contributed by atoms with Gasteiger partial charge in [-0.2, -0.15) is 0 Å². The van der Waals surface area contributed by atoms with Crippen LogP contribution in [0.1, 0.15) is 38.5 Å². The molecule has 130 valence electrons. The van der Waals surface area contributed by atoms with Gasteiger partial charge in [0.2, 0.25) is 5.91 Å². The number of fused-ring (bicyclic) bond motifs is 2. The topological polar surface area (TPSA) is 85.9 Å². The molecule has 7 nitrogen and oxygen atoms in total. The first-order chi connectivity index (χ1) is 11.2. The number of carbonyl (C=O) groups is 2. The molecule has 0 bridgehead atoms. The van der Waals surface area contributed by atoms with E-state index in [1.807, 2.05) is 0 Å². The summed E-state index contributed by atoms with van der Waals surface area (Å²) in [4.78, 5) is 23.3. The quantitative estimate of drug-likeness (QED) is 0.716. The van der Waals surface area contributed by atoms with E-state index in [0.29, 0.717) is 5.92 Å². The first-order valence-electron chi connectivity index (χ1n) is 8.54. The summed E-state index contributed by atoms with van der Waals surface area (Å²) >= 11 is 0. The second-order valence-electron chi connectivity index (χ2n) is 6.67. The van der Waals surface area contributed by atoms with Crippen molar-refractivity contribution in [2.75, 3.05) is 20.3 Å². The summed E-state index contributed by atoms with van der Waals surface area (Å²) in [6.07, 6.45) is 5.45. The van der Waals surface area contributed by atoms with E-state index in [2.05, 4.69) is 10.6 Å². The third kappa shape index (κ3) is 4.02. The van der Waals surface area contributed by atoms with E-state index in [9.17, 15) is 9.59 Å².